The Labute approximate surface area is 71.6 Å². The van der Waals surface area contributed by atoms with Crippen LogP contribution in [0.4, 0.5) is 0 Å². The van der Waals surface area contributed by atoms with Crippen molar-refractivity contribution < 1.29 is 4.42 Å². The van der Waals surface area contributed by atoms with Crippen molar-refractivity contribution in [3.63, 3.8) is 0 Å². The molecule has 0 N–H and O–H groups in total. The van der Waals surface area contributed by atoms with E-state index in [4.69, 9.17) is 16.0 Å². The molecule has 1 aromatic heterocycles. The van der Waals surface area contributed by atoms with E-state index in [1.54, 1.807) is 6.20 Å². The van der Waals surface area contributed by atoms with Crippen LogP contribution in [-0.2, 0) is 12.3 Å². The largest absolute Gasteiger partial charge is 0.444 e. The highest BCUT2D eigenvalue weighted by Crippen LogP contribution is 2.08. The maximum Gasteiger partial charge on any atom is 0.209 e. The summed E-state index contributed by atoms with van der Waals surface area (Å²) in [6.45, 7) is 2.15. The summed E-state index contributed by atoms with van der Waals surface area (Å²) in [5.74, 6) is 1.94. The smallest absolute Gasteiger partial charge is 0.209 e. The quantitative estimate of drug-likeness (QED) is 0.655. The van der Waals surface area contributed by atoms with Gasteiger partial charge in [0.05, 0.1) is 12.1 Å². The minimum atomic E-state index is 0.367. The molecule has 3 heteroatoms. The number of rotatable bonds is 4. The molecule has 0 aromatic carbocycles. The molecular formula is C8H12ClNO. The van der Waals surface area contributed by atoms with Crippen molar-refractivity contribution >= 4 is 11.6 Å². The molecule has 0 bridgehead atoms. The Bertz CT molecular complexity index is 210. The lowest BCUT2D eigenvalue weighted by Gasteiger charge is -1.90. The lowest BCUT2D eigenvalue weighted by molar-refractivity contribution is 0.464. The molecule has 0 unspecified atom stereocenters. The predicted octanol–water partition coefficient (Wildman–Crippen LogP) is 2.76. The molecule has 62 valence electrons. The van der Waals surface area contributed by atoms with E-state index < -0.39 is 0 Å². The molecule has 0 fully saturated rings. The van der Waals surface area contributed by atoms with E-state index >= 15 is 0 Å². The van der Waals surface area contributed by atoms with Gasteiger partial charge in [0.2, 0.25) is 5.89 Å². The van der Waals surface area contributed by atoms with Gasteiger partial charge in [0, 0.05) is 6.42 Å². The van der Waals surface area contributed by atoms with Crippen LogP contribution in [0.3, 0.4) is 0 Å². The molecule has 0 aliphatic heterocycles. The van der Waals surface area contributed by atoms with Crippen molar-refractivity contribution in [1.29, 1.82) is 0 Å². The number of aromatic nitrogens is 1. The summed E-state index contributed by atoms with van der Waals surface area (Å²) in [6, 6.07) is 0. The molecule has 11 heavy (non-hydrogen) atoms. The van der Waals surface area contributed by atoms with Gasteiger partial charge in [-0.1, -0.05) is 13.3 Å². The van der Waals surface area contributed by atoms with Gasteiger partial charge in [-0.05, 0) is 6.42 Å². The van der Waals surface area contributed by atoms with Gasteiger partial charge in [0.1, 0.15) is 5.76 Å². The second-order valence-electron chi connectivity index (χ2n) is 2.46. The lowest BCUT2D eigenvalue weighted by atomic mass is 10.2. The summed E-state index contributed by atoms with van der Waals surface area (Å²) in [5, 5.41) is 0. The molecule has 1 aromatic rings. The number of unbranched alkanes of at least 4 members (excludes halogenated alkanes) is 1. The van der Waals surface area contributed by atoms with Crippen LogP contribution < -0.4 is 0 Å². The van der Waals surface area contributed by atoms with Crippen LogP contribution in [0, 0.1) is 0 Å². The fraction of sp³-hybridized carbons (Fsp3) is 0.625. The first-order valence-electron chi connectivity index (χ1n) is 3.86. The van der Waals surface area contributed by atoms with E-state index in [1.807, 2.05) is 0 Å². The third-order valence-electron chi connectivity index (χ3n) is 1.49. The number of nitrogens with zero attached hydrogens (tertiary/aromatic N) is 1. The summed E-state index contributed by atoms with van der Waals surface area (Å²) in [6.07, 6.45) is 5.06. The zero-order valence-corrected chi connectivity index (χ0v) is 7.40. The van der Waals surface area contributed by atoms with E-state index in [1.165, 1.54) is 6.42 Å². The molecule has 0 aliphatic carbocycles. The van der Waals surface area contributed by atoms with Crippen LogP contribution >= 0.6 is 11.6 Å². The number of halogens is 1. The van der Waals surface area contributed by atoms with Crippen LogP contribution in [0.5, 0.6) is 0 Å². The highest BCUT2D eigenvalue weighted by atomic mass is 35.5. The second kappa shape index (κ2) is 4.39. The minimum absolute atomic E-state index is 0.367. The molecule has 0 saturated carbocycles. The van der Waals surface area contributed by atoms with E-state index in [9.17, 15) is 0 Å². The molecule has 0 spiro atoms. The zero-order valence-electron chi connectivity index (χ0n) is 6.64. The predicted molar refractivity (Wildman–Crippen MR) is 44.7 cm³/mol. The van der Waals surface area contributed by atoms with Crippen LogP contribution in [0.1, 0.15) is 31.4 Å². The summed E-state index contributed by atoms with van der Waals surface area (Å²) in [4.78, 5) is 3.99. The molecule has 0 aliphatic rings. The number of alkyl halides is 1. The average Bonchev–Trinajstić information content (AvgIpc) is 2.48. The molecule has 0 radical (unpaired) electrons. The highest BCUT2D eigenvalue weighted by molar-refractivity contribution is 6.16. The van der Waals surface area contributed by atoms with E-state index in [0.29, 0.717) is 11.8 Å². The van der Waals surface area contributed by atoms with Crippen molar-refractivity contribution in [1.82, 2.24) is 4.98 Å². The van der Waals surface area contributed by atoms with Gasteiger partial charge in [-0.25, -0.2) is 4.98 Å². The van der Waals surface area contributed by atoms with E-state index in [0.717, 1.165) is 18.6 Å². The Morgan fingerprint density at radius 1 is 1.64 bits per heavy atom. The van der Waals surface area contributed by atoms with Crippen molar-refractivity contribution in [2.45, 2.75) is 32.1 Å². The normalized spacial score (nSPS) is 10.4. The maximum absolute atomic E-state index is 5.52. The Hall–Kier alpha value is -0.500. The summed E-state index contributed by atoms with van der Waals surface area (Å²) in [7, 11) is 0. The molecule has 2 nitrogen and oxygen atoms in total. The van der Waals surface area contributed by atoms with Crippen molar-refractivity contribution in [2.75, 3.05) is 0 Å². The third kappa shape index (κ3) is 2.54. The first-order valence-corrected chi connectivity index (χ1v) is 4.39. The standard InChI is InChI=1S/C8H12ClNO/c1-2-3-4-7-6-10-8(5-9)11-7/h6H,2-5H2,1H3. The van der Waals surface area contributed by atoms with Gasteiger partial charge in [0.15, 0.2) is 0 Å². The van der Waals surface area contributed by atoms with Crippen molar-refractivity contribution in [3.8, 4) is 0 Å². The van der Waals surface area contributed by atoms with Gasteiger partial charge in [-0.15, -0.1) is 11.6 Å². The molecule has 0 atom stereocenters. The maximum atomic E-state index is 5.52. The second-order valence-corrected chi connectivity index (χ2v) is 2.72. The van der Waals surface area contributed by atoms with Crippen LogP contribution in [-0.4, -0.2) is 4.98 Å². The molecule has 1 rings (SSSR count). The summed E-state index contributed by atoms with van der Waals surface area (Å²) < 4.78 is 5.29. The van der Waals surface area contributed by atoms with Crippen molar-refractivity contribution in [2.24, 2.45) is 0 Å². The van der Waals surface area contributed by atoms with Gasteiger partial charge in [-0.3, -0.25) is 0 Å². The topological polar surface area (TPSA) is 26.0 Å². The molecule has 1 heterocycles. The Kier molecular flexibility index (Phi) is 3.43. The zero-order chi connectivity index (χ0) is 8.10. The summed E-state index contributed by atoms with van der Waals surface area (Å²) in [5.41, 5.74) is 0. The number of aryl methyl sites for hydroxylation is 1. The molecular weight excluding hydrogens is 162 g/mol. The van der Waals surface area contributed by atoms with E-state index in [-0.39, 0.29) is 0 Å². The van der Waals surface area contributed by atoms with Gasteiger partial charge in [-0.2, -0.15) is 0 Å². The Morgan fingerprint density at radius 2 is 2.45 bits per heavy atom. The van der Waals surface area contributed by atoms with Crippen molar-refractivity contribution in [3.05, 3.63) is 17.8 Å². The average molecular weight is 174 g/mol. The first kappa shape index (κ1) is 8.60. The highest BCUT2D eigenvalue weighted by Gasteiger charge is 2.00. The molecule has 0 amide bonds. The first-order chi connectivity index (χ1) is 5.36. The summed E-state index contributed by atoms with van der Waals surface area (Å²) >= 11 is 5.52. The van der Waals surface area contributed by atoms with E-state index in [2.05, 4.69) is 11.9 Å². The third-order valence-corrected chi connectivity index (χ3v) is 1.72. The fourth-order valence-electron chi connectivity index (χ4n) is 0.876. The molecule has 0 saturated heterocycles. The Morgan fingerprint density at radius 3 is 3.00 bits per heavy atom. The lowest BCUT2D eigenvalue weighted by Crippen LogP contribution is -1.78. The number of hydrogen-bond acceptors (Lipinski definition) is 2. The SMILES string of the molecule is CCCCc1cnc(CCl)o1. The minimum Gasteiger partial charge on any atom is -0.444 e. The number of hydrogen-bond donors (Lipinski definition) is 0. The van der Waals surface area contributed by atoms with Gasteiger partial charge in [0.25, 0.3) is 0 Å². The van der Waals surface area contributed by atoms with Crippen LogP contribution in [0.25, 0.3) is 0 Å². The Balaban J connectivity index is 2.44. The monoisotopic (exact) mass is 173 g/mol. The fourth-order valence-corrected chi connectivity index (χ4v) is 1.000. The van der Waals surface area contributed by atoms with Gasteiger partial charge >= 0.3 is 0 Å². The van der Waals surface area contributed by atoms with Crippen LogP contribution in [0.15, 0.2) is 10.6 Å². The van der Waals surface area contributed by atoms with Crippen LogP contribution in [0.2, 0.25) is 0 Å². The van der Waals surface area contributed by atoms with Gasteiger partial charge < -0.3 is 4.42 Å². The number of oxazole rings is 1.